The van der Waals surface area contributed by atoms with Crippen LogP contribution in [0.25, 0.3) is 0 Å². The maximum Gasteiger partial charge on any atom is 0.243 e. The highest BCUT2D eigenvalue weighted by molar-refractivity contribution is 7.89. The average Bonchev–Trinajstić information content (AvgIpc) is 2.99. The van der Waals surface area contributed by atoms with Gasteiger partial charge in [0.15, 0.2) is 0 Å². The fourth-order valence-electron chi connectivity index (χ4n) is 2.54. The van der Waals surface area contributed by atoms with Gasteiger partial charge in [0.1, 0.15) is 5.75 Å². The van der Waals surface area contributed by atoms with Crippen LogP contribution in [-0.4, -0.2) is 57.5 Å². The summed E-state index contributed by atoms with van der Waals surface area (Å²) < 4.78 is 32.4. The second-order valence-corrected chi connectivity index (χ2v) is 7.88. The van der Waals surface area contributed by atoms with Crippen LogP contribution in [0.5, 0.6) is 5.75 Å². The molecule has 1 fully saturated rings. The van der Waals surface area contributed by atoms with Crippen LogP contribution in [0.1, 0.15) is 26.2 Å². The lowest BCUT2D eigenvalue weighted by Gasteiger charge is -2.20. The zero-order chi connectivity index (χ0) is 16.2. The predicted molar refractivity (Wildman–Crippen MR) is 87.7 cm³/mol. The summed E-state index contributed by atoms with van der Waals surface area (Å²) >= 11 is 0. The van der Waals surface area contributed by atoms with Crippen molar-refractivity contribution in [1.29, 1.82) is 0 Å². The summed E-state index contributed by atoms with van der Waals surface area (Å²) in [5.41, 5.74) is 0. The Kier molecular flexibility index (Phi) is 5.83. The number of nitrogens with zero attached hydrogens (tertiary/aromatic N) is 2. The zero-order valence-electron chi connectivity index (χ0n) is 13.7. The van der Waals surface area contributed by atoms with E-state index in [4.69, 9.17) is 4.74 Å². The Morgan fingerprint density at radius 1 is 1.27 bits per heavy atom. The molecular formula is C16H26N2O3S. The molecule has 0 N–H and O–H groups in total. The second-order valence-electron chi connectivity index (χ2n) is 5.94. The first-order chi connectivity index (χ1) is 10.4. The van der Waals surface area contributed by atoms with Crippen LogP contribution in [0.15, 0.2) is 29.2 Å². The minimum atomic E-state index is -3.40. The molecule has 1 unspecified atom stereocenters. The smallest absolute Gasteiger partial charge is 0.243 e. The fraction of sp³-hybridized carbons (Fsp3) is 0.625. The van der Waals surface area contributed by atoms with Gasteiger partial charge in [-0.1, -0.05) is 13.3 Å². The standard InChI is InChI=1S/C16H26N2O3S/c1-4-5-12-21-15-6-8-16(9-7-15)22(19,20)18-11-10-14(13-18)17(2)3/h6-9,14H,4-5,10-13H2,1-3H3. The van der Waals surface area contributed by atoms with Gasteiger partial charge in [-0.15, -0.1) is 0 Å². The molecule has 0 spiro atoms. The van der Waals surface area contributed by atoms with Crippen molar-refractivity contribution in [2.45, 2.75) is 37.1 Å². The highest BCUT2D eigenvalue weighted by atomic mass is 32.2. The molecule has 0 bridgehead atoms. The van der Waals surface area contributed by atoms with E-state index in [0.717, 1.165) is 25.0 Å². The number of benzene rings is 1. The van der Waals surface area contributed by atoms with Crippen molar-refractivity contribution >= 4 is 10.0 Å². The molecule has 124 valence electrons. The molecule has 1 aliphatic heterocycles. The van der Waals surface area contributed by atoms with Crippen molar-refractivity contribution < 1.29 is 13.2 Å². The minimum Gasteiger partial charge on any atom is -0.494 e. The highest BCUT2D eigenvalue weighted by Crippen LogP contribution is 2.24. The van der Waals surface area contributed by atoms with Crippen LogP contribution in [-0.2, 0) is 10.0 Å². The molecule has 0 amide bonds. The van der Waals surface area contributed by atoms with E-state index in [2.05, 4.69) is 11.8 Å². The first kappa shape index (κ1) is 17.2. The Bertz CT molecular complexity index is 570. The number of rotatable bonds is 7. The largest absolute Gasteiger partial charge is 0.494 e. The molecule has 5 nitrogen and oxygen atoms in total. The molecule has 1 aliphatic rings. The third kappa shape index (κ3) is 4.00. The third-order valence-corrected chi connectivity index (χ3v) is 5.96. The number of ether oxygens (including phenoxy) is 1. The zero-order valence-corrected chi connectivity index (χ0v) is 14.5. The van der Waals surface area contributed by atoms with Gasteiger partial charge in [-0.25, -0.2) is 8.42 Å². The van der Waals surface area contributed by atoms with Gasteiger partial charge in [-0.2, -0.15) is 4.31 Å². The Hall–Kier alpha value is -1.11. The summed E-state index contributed by atoms with van der Waals surface area (Å²) in [6.45, 7) is 3.92. The summed E-state index contributed by atoms with van der Waals surface area (Å²) in [5, 5.41) is 0. The van der Waals surface area contributed by atoms with Crippen molar-refractivity contribution in [1.82, 2.24) is 9.21 Å². The first-order valence-electron chi connectivity index (χ1n) is 7.84. The highest BCUT2D eigenvalue weighted by Gasteiger charge is 2.33. The summed E-state index contributed by atoms with van der Waals surface area (Å²) in [4.78, 5) is 2.43. The van der Waals surface area contributed by atoms with Gasteiger partial charge in [0.25, 0.3) is 0 Å². The number of hydrogen-bond donors (Lipinski definition) is 0. The van der Waals surface area contributed by atoms with Crippen LogP contribution in [0.2, 0.25) is 0 Å². The van der Waals surface area contributed by atoms with E-state index in [-0.39, 0.29) is 0 Å². The van der Waals surface area contributed by atoms with Crippen molar-refractivity contribution in [2.24, 2.45) is 0 Å². The second kappa shape index (κ2) is 7.44. The number of likely N-dealkylation sites (N-methyl/N-ethyl adjacent to an activating group) is 1. The van der Waals surface area contributed by atoms with Crippen LogP contribution < -0.4 is 4.74 Å². The van der Waals surface area contributed by atoms with Gasteiger partial charge >= 0.3 is 0 Å². The molecule has 1 aromatic rings. The topological polar surface area (TPSA) is 49.9 Å². The average molecular weight is 326 g/mol. The Balaban J connectivity index is 2.04. The molecule has 0 saturated carbocycles. The molecule has 22 heavy (non-hydrogen) atoms. The van der Waals surface area contributed by atoms with Crippen LogP contribution >= 0.6 is 0 Å². The molecule has 1 heterocycles. The van der Waals surface area contributed by atoms with Crippen LogP contribution in [0.3, 0.4) is 0 Å². The molecule has 2 rings (SSSR count). The van der Waals surface area contributed by atoms with Gasteiger partial charge in [0.05, 0.1) is 11.5 Å². The SMILES string of the molecule is CCCCOc1ccc(S(=O)(=O)N2CCC(N(C)C)C2)cc1. The third-order valence-electron chi connectivity index (χ3n) is 4.08. The maximum atomic E-state index is 12.6. The summed E-state index contributed by atoms with van der Waals surface area (Å²) in [6.07, 6.45) is 2.96. The Morgan fingerprint density at radius 3 is 2.50 bits per heavy atom. The van der Waals surface area contributed by atoms with Gasteiger partial charge in [-0.05, 0) is 51.2 Å². The van der Waals surface area contributed by atoms with Crippen molar-refractivity contribution in [3.63, 3.8) is 0 Å². The van der Waals surface area contributed by atoms with Gasteiger partial charge in [0.2, 0.25) is 10.0 Å². The predicted octanol–water partition coefficient (Wildman–Crippen LogP) is 2.19. The fourth-order valence-corrected chi connectivity index (χ4v) is 4.03. The van der Waals surface area contributed by atoms with E-state index in [1.807, 2.05) is 14.1 Å². The maximum absolute atomic E-state index is 12.6. The van der Waals surface area contributed by atoms with E-state index in [9.17, 15) is 8.42 Å². The quantitative estimate of drug-likeness (QED) is 0.721. The van der Waals surface area contributed by atoms with Gasteiger partial charge in [0, 0.05) is 19.1 Å². The first-order valence-corrected chi connectivity index (χ1v) is 9.28. The molecule has 6 heteroatoms. The van der Waals surface area contributed by atoms with Crippen LogP contribution in [0, 0.1) is 0 Å². The molecule has 1 atom stereocenters. The monoisotopic (exact) mass is 326 g/mol. The van der Waals surface area contributed by atoms with E-state index in [1.165, 1.54) is 0 Å². The lowest BCUT2D eigenvalue weighted by Crippen LogP contribution is -2.34. The number of unbranched alkanes of at least 4 members (excludes halogenated alkanes) is 1. The number of sulfonamides is 1. The number of hydrogen-bond acceptors (Lipinski definition) is 4. The van der Waals surface area contributed by atoms with Crippen molar-refractivity contribution in [3.8, 4) is 5.75 Å². The van der Waals surface area contributed by atoms with Crippen molar-refractivity contribution in [3.05, 3.63) is 24.3 Å². The Morgan fingerprint density at radius 2 is 1.95 bits per heavy atom. The normalized spacial score (nSPS) is 19.7. The molecule has 0 aliphatic carbocycles. The summed E-state index contributed by atoms with van der Waals surface area (Å²) in [6, 6.07) is 7.05. The molecule has 0 radical (unpaired) electrons. The Labute approximate surface area is 133 Å². The lowest BCUT2D eigenvalue weighted by atomic mass is 10.2. The summed E-state index contributed by atoms with van der Waals surface area (Å²) in [7, 11) is 0.583. The van der Waals surface area contributed by atoms with Crippen molar-refractivity contribution in [2.75, 3.05) is 33.8 Å². The molecule has 1 aromatic carbocycles. The van der Waals surface area contributed by atoms with E-state index < -0.39 is 10.0 Å². The van der Waals surface area contributed by atoms with E-state index in [1.54, 1.807) is 28.6 Å². The lowest BCUT2D eigenvalue weighted by molar-refractivity contribution is 0.302. The van der Waals surface area contributed by atoms with Crippen LogP contribution in [0.4, 0.5) is 0 Å². The van der Waals surface area contributed by atoms with Gasteiger partial charge in [-0.3, -0.25) is 0 Å². The summed E-state index contributed by atoms with van der Waals surface area (Å²) in [5.74, 6) is 0.722. The molecular weight excluding hydrogens is 300 g/mol. The molecule has 0 aromatic heterocycles. The van der Waals surface area contributed by atoms with Gasteiger partial charge < -0.3 is 9.64 Å². The van der Waals surface area contributed by atoms with E-state index >= 15 is 0 Å². The minimum absolute atomic E-state index is 0.298. The molecule has 1 saturated heterocycles. The van der Waals surface area contributed by atoms with E-state index in [0.29, 0.717) is 30.6 Å².